The summed E-state index contributed by atoms with van der Waals surface area (Å²) < 4.78 is 30.7. The van der Waals surface area contributed by atoms with E-state index in [1.807, 2.05) is 6.20 Å². The first-order valence-corrected chi connectivity index (χ1v) is 6.20. The van der Waals surface area contributed by atoms with Gasteiger partial charge in [0, 0.05) is 11.8 Å². The number of alkyl halides is 2. The van der Waals surface area contributed by atoms with E-state index in [1.54, 1.807) is 34.9 Å². The van der Waals surface area contributed by atoms with Crippen molar-refractivity contribution in [3.05, 3.63) is 53.8 Å². The van der Waals surface area contributed by atoms with Crippen LogP contribution >= 0.6 is 11.6 Å². The van der Waals surface area contributed by atoms with Crippen LogP contribution in [-0.2, 0) is 0 Å². The van der Waals surface area contributed by atoms with Gasteiger partial charge in [-0.3, -0.25) is 4.40 Å². The van der Waals surface area contributed by atoms with Crippen LogP contribution < -0.4 is 4.74 Å². The van der Waals surface area contributed by atoms with Gasteiger partial charge in [-0.15, -0.1) is 0 Å². The van der Waals surface area contributed by atoms with Crippen LogP contribution in [0.15, 0.2) is 48.8 Å². The second-order valence-corrected chi connectivity index (χ2v) is 4.51. The molecule has 0 N–H and O–H groups in total. The maximum Gasteiger partial charge on any atom is 0.387 e. The summed E-state index contributed by atoms with van der Waals surface area (Å²) in [5.74, 6) is 0.106. The van der Waals surface area contributed by atoms with Gasteiger partial charge in [-0.2, -0.15) is 8.78 Å². The first-order valence-electron chi connectivity index (χ1n) is 5.82. The first kappa shape index (κ1) is 12.9. The zero-order valence-electron chi connectivity index (χ0n) is 10.1. The second-order valence-electron chi connectivity index (χ2n) is 4.10. The Morgan fingerprint density at radius 3 is 2.85 bits per heavy atom. The zero-order chi connectivity index (χ0) is 14.1. The van der Waals surface area contributed by atoms with Crippen molar-refractivity contribution in [3.8, 4) is 17.0 Å². The number of halogens is 3. The van der Waals surface area contributed by atoms with Gasteiger partial charge in [-0.05, 0) is 24.3 Å². The summed E-state index contributed by atoms with van der Waals surface area (Å²) in [6.45, 7) is -2.85. The smallest absolute Gasteiger partial charge is 0.387 e. The molecule has 0 aliphatic heterocycles. The lowest BCUT2D eigenvalue weighted by atomic mass is 10.1. The Morgan fingerprint density at radius 2 is 2.05 bits per heavy atom. The molecule has 102 valence electrons. The minimum atomic E-state index is -2.85. The molecule has 0 fully saturated rings. The van der Waals surface area contributed by atoms with E-state index in [-0.39, 0.29) is 5.75 Å². The number of fused-ring (bicyclic) bond motifs is 1. The number of nitrogens with zero attached hydrogens (tertiary/aromatic N) is 2. The predicted molar refractivity (Wildman–Crippen MR) is 72.3 cm³/mol. The molecule has 0 radical (unpaired) electrons. The van der Waals surface area contributed by atoms with Crippen molar-refractivity contribution in [3.63, 3.8) is 0 Å². The molecule has 0 atom stereocenters. The van der Waals surface area contributed by atoms with Crippen LogP contribution in [0.4, 0.5) is 8.78 Å². The Kier molecular flexibility index (Phi) is 3.28. The molecule has 0 unspecified atom stereocenters. The molecule has 0 aliphatic carbocycles. The van der Waals surface area contributed by atoms with Crippen molar-refractivity contribution in [2.24, 2.45) is 0 Å². The van der Waals surface area contributed by atoms with Gasteiger partial charge in [0.2, 0.25) is 0 Å². The Bertz CT molecular complexity index is 758. The number of hydrogen-bond donors (Lipinski definition) is 0. The normalized spacial score (nSPS) is 11.2. The predicted octanol–water partition coefficient (Wildman–Crippen LogP) is 4.26. The highest BCUT2D eigenvalue weighted by Gasteiger charge is 2.10. The van der Waals surface area contributed by atoms with Crippen LogP contribution in [0.5, 0.6) is 5.75 Å². The van der Waals surface area contributed by atoms with Gasteiger partial charge in [0.05, 0.1) is 16.9 Å². The zero-order valence-corrected chi connectivity index (χ0v) is 10.9. The third-order valence-corrected chi connectivity index (χ3v) is 3.14. The highest BCUT2D eigenvalue weighted by Crippen LogP contribution is 2.27. The molecule has 3 aromatic rings. The number of benzene rings is 1. The van der Waals surface area contributed by atoms with Crippen LogP contribution in [0.3, 0.4) is 0 Å². The van der Waals surface area contributed by atoms with E-state index in [4.69, 9.17) is 11.6 Å². The molecule has 0 spiro atoms. The fraction of sp³-hybridized carbons (Fsp3) is 0.0714. The summed E-state index contributed by atoms with van der Waals surface area (Å²) in [6.07, 6.45) is 3.45. The second kappa shape index (κ2) is 5.09. The van der Waals surface area contributed by atoms with Crippen LogP contribution in [0.1, 0.15) is 0 Å². The highest BCUT2D eigenvalue weighted by molar-refractivity contribution is 6.33. The van der Waals surface area contributed by atoms with Gasteiger partial charge in [0.15, 0.2) is 5.65 Å². The van der Waals surface area contributed by atoms with E-state index in [0.29, 0.717) is 10.7 Å². The first-order chi connectivity index (χ1) is 9.65. The summed E-state index contributed by atoms with van der Waals surface area (Å²) in [6, 6.07) is 9.99. The fourth-order valence-electron chi connectivity index (χ4n) is 2.02. The average Bonchev–Trinajstić information content (AvgIpc) is 2.83. The minimum Gasteiger partial charge on any atom is -0.435 e. The Hall–Kier alpha value is -2.14. The van der Waals surface area contributed by atoms with Crippen molar-refractivity contribution in [2.45, 2.75) is 6.61 Å². The maximum absolute atomic E-state index is 12.2. The SMILES string of the molecule is FC(F)Oc1cccc(-c2cnc3c(Cl)cccn23)c1. The van der Waals surface area contributed by atoms with E-state index in [9.17, 15) is 8.78 Å². The number of ether oxygens (including phenoxy) is 1. The lowest BCUT2D eigenvalue weighted by Gasteiger charge is -2.07. The molecule has 0 aliphatic rings. The van der Waals surface area contributed by atoms with Gasteiger partial charge in [0.1, 0.15) is 5.75 Å². The number of imidazole rings is 1. The summed E-state index contributed by atoms with van der Waals surface area (Å²) >= 11 is 6.05. The molecule has 0 amide bonds. The third-order valence-electron chi connectivity index (χ3n) is 2.84. The number of aromatic nitrogens is 2. The van der Waals surface area contributed by atoms with E-state index in [1.165, 1.54) is 12.1 Å². The fourth-order valence-corrected chi connectivity index (χ4v) is 2.23. The van der Waals surface area contributed by atoms with E-state index < -0.39 is 6.61 Å². The number of hydrogen-bond acceptors (Lipinski definition) is 2. The van der Waals surface area contributed by atoms with Crippen molar-refractivity contribution in [1.82, 2.24) is 9.38 Å². The summed E-state index contributed by atoms with van der Waals surface area (Å²) in [7, 11) is 0. The van der Waals surface area contributed by atoms with E-state index in [2.05, 4.69) is 9.72 Å². The maximum atomic E-state index is 12.2. The largest absolute Gasteiger partial charge is 0.435 e. The van der Waals surface area contributed by atoms with Crippen molar-refractivity contribution in [2.75, 3.05) is 0 Å². The van der Waals surface area contributed by atoms with Gasteiger partial charge < -0.3 is 4.74 Å². The molecule has 0 saturated heterocycles. The van der Waals surface area contributed by atoms with Crippen LogP contribution in [0.25, 0.3) is 16.9 Å². The molecular weight excluding hydrogens is 286 g/mol. The van der Waals surface area contributed by atoms with Crippen molar-refractivity contribution < 1.29 is 13.5 Å². The molecule has 2 heterocycles. The van der Waals surface area contributed by atoms with E-state index >= 15 is 0 Å². The summed E-state index contributed by atoms with van der Waals surface area (Å²) in [4.78, 5) is 4.23. The Balaban J connectivity index is 2.09. The monoisotopic (exact) mass is 294 g/mol. The molecule has 20 heavy (non-hydrogen) atoms. The Labute approximate surface area is 118 Å². The average molecular weight is 295 g/mol. The standard InChI is InChI=1S/C14H9ClF2N2O/c15-11-5-2-6-19-12(8-18-13(11)19)9-3-1-4-10(7-9)20-14(16)17/h1-8,14H. The lowest BCUT2D eigenvalue weighted by Crippen LogP contribution is -2.01. The van der Waals surface area contributed by atoms with E-state index in [0.717, 1.165) is 11.3 Å². The van der Waals surface area contributed by atoms with Gasteiger partial charge in [-0.25, -0.2) is 4.98 Å². The van der Waals surface area contributed by atoms with Gasteiger partial charge in [0.25, 0.3) is 0 Å². The molecule has 6 heteroatoms. The summed E-state index contributed by atoms with van der Waals surface area (Å²) in [5.41, 5.74) is 2.09. The number of rotatable bonds is 3. The quantitative estimate of drug-likeness (QED) is 0.721. The Morgan fingerprint density at radius 1 is 1.20 bits per heavy atom. The molecule has 0 saturated carbocycles. The van der Waals surface area contributed by atoms with Crippen molar-refractivity contribution >= 4 is 17.2 Å². The lowest BCUT2D eigenvalue weighted by molar-refractivity contribution is -0.0498. The van der Waals surface area contributed by atoms with Crippen LogP contribution in [-0.4, -0.2) is 16.0 Å². The molecule has 3 nitrogen and oxygen atoms in total. The number of pyridine rings is 1. The molecule has 2 aromatic heterocycles. The third kappa shape index (κ3) is 2.32. The van der Waals surface area contributed by atoms with Crippen LogP contribution in [0, 0.1) is 0 Å². The van der Waals surface area contributed by atoms with Crippen molar-refractivity contribution in [1.29, 1.82) is 0 Å². The molecule has 3 rings (SSSR count). The van der Waals surface area contributed by atoms with Gasteiger partial charge >= 0.3 is 6.61 Å². The van der Waals surface area contributed by atoms with Crippen LogP contribution in [0.2, 0.25) is 5.02 Å². The minimum absolute atomic E-state index is 0.106. The van der Waals surface area contributed by atoms with Gasteiger partial charge in [-0.1, -0.05) is 23.7 Å². The molecule has 1 aromatic carbocycles. The topological polar surface area (TPSA) is 26.5 Å². The molecular formula is C14H9ClF2N2O. The molecule has 0 bridgehead atoms. The summed E-state index contributed by atoms with van der Waals surface area (Å²) in [5, 5.41) is 0.527. The highest BCUT2D eigenvalue weighted by atomic mass is 35.5.